The zero-order valence-corrected chi connectivity index (χ0v) is 15.5. The molecule has 0 unspecified atom stereocenters. The van der Waals surface area contributed by atoms with Gasteiger partial charge in [-0.15, -0.1) is 0 Å². The Morgan fingerprint density at radius 3 is 2.74 bits per heavy atom. The number of methoxy groups -OCH3 is 1. The van der Waals surface area contributed by atoms with E-state index in [1.807, 2.05) is 11.6 Å². The molecular weight excluding hydrogens is 344 g/mol. The van der Waals surface area contributed by atoms with E-state index in [1.54, 1.807) is 18.2 Å². The lowest BCUT2D eigenvalue weighted by Crippen LogP contribution is -2.19. The molecule has 1 fully saturated rings. The molecule has 0 aliphatic heterocycles. The monoisotopic (exact) mass is 366 g/mol. The topological polar surface area (TPSA) is 89.9 Å². The first-order valence-electron chi connectivity index (χ1n) is 9.25. The van der Waals surface area contributed by atoms with Crippen molar-refractivity contribution in [2.75, 3.05) is 7.11 Å². The van der Waals surface area contributed by atoms with Crippen LogP contribution in [0.15, 0.2) is 23.0 Å². The van der Waals surface area contributed by atoms with Crippen molar-refractivity contribution in [2.24, 2.45) is 0 Å². The minimum absolute atomic E-state index is 0.206. The number of carbonyl (C=O) groups excluding carboxylic acids is 1. The van der Waals surface area contributed by atoms with Crippen molar-refractivity contribution in [3.63, 3.8) is 0 Å². The molecule has 0 radical (unpaired) electrons. The predicted octanol–water partition coefficient (Wildman–Crippen LogP) is 3.42. The summed E-state index contributed by atoms with van der Waals surface area (Å²) in [5.74, 6) is 0.896. The molecule has 7 heteroatoms. The van der Waals surface area contributed by atoms with Gasteiger partial charge in [-0.05, 0) is 31.9 Å². The molecule has 7 nitrogen and oxygen atoms in total. The second kappa shape index (κ2) is 6.98. The Labute approximate surface area is 156 Å². The molecule has 0 saturated heterocycles. The highest BCUT2D eigenvalue weighted by molar-refractivity contribution is 5.82. The number of aldehydes is 1. The van der Waals surface area contributed by atoms with Gasteiger partial charge in [0.25, 0.3) is 5.56 Å². The Hall–Kier alpha value is -2.96. The van der Waals surface area contributed by atoms with Crippen LogP contribution >= 0.6 is 0 Å². The highest BCUT2D eigenvalue weighted by Gasteiger charge is 2.23. The summed E-state index contributed by atoms with van der Waals surface area (Å²) in [5.41, 5.74) is 2.81. The fourth-order valence-corrected chi connectivity index (χ4v) is 3.88. The van der Waals surface area contributed by atoms with Gasteiger partial charge >= 0.3 is 0 Å². The lowest BCUT2D eigenvalue weighted by Gasteiger charge is -2.22. The Morgan fingerprint density at radius 2 is 2.04 bits per heavy atom. The minimum atomic E-state index is -0.206. The minimum Gasteiger partial charge on any atom is -0.496 e. The second-order valence-electron chi connectivity index (χ2n) is 7.01. The van der Waals surface area contributed by atoms with Gasteiger partial charge in [0.15, 0.2) is 5.52 Å². The van der Waals surface area contributed by atoms with Crippen molar-refractivity contribution in [3.05, 3.63) is 39.8 Å². The van der Waals surface area contributed by atoms with Crippen LogP contribution in [0.4, 0.5) is 0 Å². The quantitative estimate of drug-likeness (QED) is 0.715. The second-order valence-corrected chi connectivity index (χ2v) is 7.01. The van der Waals surface area contributed by atoms with Crippen LogP contribution in [0.2, 0.25) is 0 Å². The fraction of sp³-hybridized carbons (Fsp3) is 0.400. The van der Waals surface area contributed by atoms with E-state index < -0.39 is 0 Å². The summed E-state index contributed by atoms with van der Waals surface area (Å²) in [6, 6.07) is 5.29. The van der Waals surface area contributed by atoms with Crippen LogP contribution < -0.4 is 10.3 Å². The number of aryl methyl sites for hydroxylation is 1. The summed E-state index contributed by atoms with van der Waals surface area (Å²) in [6.45, 7) is 1.88. The zero-order valence-electron chi connectivity index (χ0n) is 15.5. The number of fused-ring (bicyclic) bond motifs is 1. The lowest BCUT2D eigenvalue weighted by molar-refractivity contribution is 0.112. The van der Waals surface area contributed by atoms with E-state index >= 15 is 0 Å². The molecule has 3 aromatic rings. The average molecular weight is 366 g/mol. The molecular formula is C20H22N4O3. The molecule has 1 aromatic carbocycles. The van der Waals surface area contributed by atoms with Crippen LogP contribution in [0.25, 0.3) is 22.4 Å². The summed E-state index contributed by atoms with van der Waals surface area (Å²) >= 11 is 0. The number of aromatic amines is 1. The van der Waals surface area contributed by atoms with E-state index in [-0.39, 0.29) is 11.6 Å². The number of rotatable bonds is 4. The van der Waals surface area contributed by atoms with Gasteiger partial charge in [0.2, 0.25) is 0 Å². The number of nitrogens with one attached hydrogen (secondary N) is 1. The van der Waals surface area contributed by atoms with Crippen LogP contribution in [0.5, 0.6) is 5.75 Å². The predicted molar refractivity (Wildman–Crippen MR) is 102 cm³/mol. The highest BCUT2D eigenvalue weighted by atomic mass is 16.5. The third-order valence-electron chi connectivity index (χ3n) is 5.26. The van der Waals surface area contributed by atoms with Gasteiger partial charge in [-0.2, -0.15) is 5.10 Å². The third kappa shape index (κ3) is 3.03. The standard InChI is InChI=1S/C20H22N4O3/c1-12-17-18(24(23-12)14-6-4-3-5-7-14)20(26)22-19(21-17)15-9-8-13(11-25)10-16(15)27-2/h8-11,14H,3-7H2,1-2H3,(H,21,22,26). The first kappa shape index (κ1) is 17.5. The van der Waals surface area contributed by atoms with Gasteiger partial charge in [-0.25, -0.2) is 4.98 Å². The smallest absolute Gasteiger partial charge is 0.277 e. The van der Waals surface area contributed by atoms with Crippen molar-refractivity contribution in [1.29, 1.82) is 0 Å². The highest BCUT2D eigenvalue weighted by Crippen LogP contribution is 2.32. The van der Waals surface area contributed by atoms with Crippen molar-refractivity contribution in [3.8, 4) is 17.1 Å². The summed E-state index contributed by atoms with van der Waals surface area (Å²) in [5, 5.41) is 4.64. The number of nitrogens with zero attached hydrogens (tertiary/aromatic N) is 3. The molecule has 2 aromatic heterocycles. The maximum absolute atomic E-state index is 12.9. The molecule has 27 heavy (non-hydrogen) atoms. The molecule has 1 N–H and O–H groups in total. The number of hydrogen-bond acceptors (Lipinski definition) is 5. The first-order valence-corrected chi connectivity index (χ1v) is 9.25. The van der Waals surface area contributed by atoms with Crippen LogP contribution in [0.1, 0.15) is 54.2 Å². The molecule has 1 aliphatic carbocycles. The van der Waals surface area contributed by atoms with Crippen molar-refractivity contribution >= 4 is 17.3 Å². The van der Waals surface area contributed by atoms with Crippen LogP contribution in [0, 0.1) is 6.92 Å². The number of carbonyl (C=O) groups is 1. The van der Waals surface area contributed by atoms with Gasteiger partial charge in [-0.3, -0.25) is 14.3 Å². The van der Waals surface area contributed by atoms with E-state index in [0.29, 0.717) is 33.7 Å². The molecule has 0 atom stereocenters. The van der Waals surface area contributed by atoms with E-state index in [0.717, 1.165) is 37.7 Å². The Balaban J connectivity index is 1.87. The molecule has 0 amide bonds. The summed E-state index contributed by atoms with van der Waals surface area (Å²) in [7, 11) is 1.52. The molecule has 4 rings (SSSR count). The number of ether oxygens (including phenoxy) is 1. The summed E-state index contributed by atoms with van der Waals surface area (Å²) in [4.78, 5) is 31.5. The van der Waals surface area contributed by atoms with Crippen LogP contribution in [-0.2, 0) is 0 Å². The number of aromatic nitrogens is 4. The van der Waals surface area contributed by atoms with Crippen molar-refractivity contribution in [2.45, 2.75) is 45.1 Å². The van der Waals surface area contributed by atoms with Gasteiger partial charge in [0, 0.05) is 5.56 Å². The van der Waals surface area contributed by atoms with Crippen molar-refractivity contribution in [1.82, 2.24) is 19.7 Å². The molecule has 0 spiro atoms. The largest absolute Gasteiger partial charge is 0.496 e. The molecule has 1 aliphatic rings. The Bertz CT molecular complexity index is 1060. The normalized spacial score (nSPS) is 15.2. The lowest BCUT2D eigenvalue weighted by atomic mass is 9.95. The number of hydrogen-bond donors (Lipinski definition) is 1. The number of H-pyrrole nitrogens is 1. The van der Waals surface area contributed by atoms with E-state index in [1.165, 1.54) is 13.5 Å². The zero-order chi connectivity index (χ0) is 19.0. The average Bonchev–Trinajstić information content (AvgIpc) is 3.05. The summed E-state index contributed by atoms with van der Waals surface area (Å²) < 4.78 is 7.25. The Morgan fingerprint density at radius 1 is 1.26 bits per heavy atom. The van der Waals surface area contributed by atoms with E-state index in [9.17, 15) is 9.59 Å². The van der Waals surface area contributed by atoms with Crippen molar-refractivity contribution < 1.29 is 9.53 Å². The number of benzene rings is 1. The fourth-order valence-electron chi connectivity index (χ4n) is 3.88. The molecule has 1 saturated carbocycles. The van der Waals surface area contributed by atoms with Gasteiger partial charge in [0.05, 0.1) is 24.4 Å². The molecule has 140 valence electrons. The molecule has 2 heterocycles. The van der Waals surface area contributed by atoms with Gasteiger partial charge in [0.1, 0.15) is 23.4 Å². The van der Waals surface area contributed by atoms with Gasteiger partial charge < -0.3 is 9.72 Å². The Kier molecular flexibility index (Phi) is 4.51. The van der Waals surface area contributed by atoms with Gasteiger partial charge in [-0.1, -0.05) is 25.3 Å². The maximum atomic E-state index is 12.9. The van der Waals surface area contributed by atoms with Crippen LogP contribution in [-0.4, -0.2) is 33.1 Å². The SMILES string of the molecule is COc1cc(C=O)ccc1-c1nc2c(C)nn(C3CCCCC3)c2c(=O)[nH]1. The van der Waals surface area contributed by atoms with E-state index in [2.05, 4.69) is 15.1 Å². The first-order chi connectivity index (χ1) is 13.1. The van der Waals surface area contributed by atoms with Crippen LogP contribution in [0.3, 0.4) is 0 Å². The maximum Gasteiger partial charge on any atom is 0.277 e. The third-order valence-corrected chi connectivity index (χ3v) is 5.26. The van der Waals surface area contributed by atoms with E-state index in [4.69, 9.17) is 4.74 Å². The molecule has 0 bridgehead atoms. The summed E-state index contributed by atoms with van der Waals surface area (Å²) in [6.07, 6.45) is 6.40.